The van der Waals surface area contributed by atoms with E-state index in [2.05, 4.69) is 28.4 Å². The third-order valence-corrected chi connectivity index (χ3v) is 4.62. The lowest BCUT2D eigenvalue weighted by Gasteiger charge is -2.35. The van der Waals surface area contributed by atoms with Gasteiger partial charge in [0.15, 0.2) is 0 Å². The lowest BCUT2D eigenvalue weighted by molar-refractivity contribution is 0.0146. The molecule has 5 heteroatoms. The highest BCUT2D eigenvalue weighted by molar-refractivity contribution is 5.68. The normalized spacial score (nSPS) is 18.2. The lowest BCUT2D eigenvalue weighted by atomic mass is 10.1. The SMILES string of the molecule is CC(C)(C)OC(=O)N1CCN(CCc2ccc3c(c2)CCN3)CC1. The summed E-state index contributed by atoms with van der Waals surface area (Å²) >= 11 is 0. The van der Waals surface area contributed by atoms with Crippen LogP contribution in [0.3, 0.4) is 0 Å². The van der Waals surface area contributed by atoms with E-state index in [0.717, 1.165) is 52.1 Å². The van der Waals surface area contributed by atoms with Crippen LogP contribution in [0.15, 0.2) is 18.2 Å². The number of fused-ring (bicyclic) bond motifs is 1. The number of nitrogens with zero attached hydrogens (tertiary/aromatic N) is 2. The quantitative estimate of drug-likeness (QED) is 0.925. The molecule has 0 saturated carbocycles. The average Bonchev–Trinajstić information content (AvgIpc) is 2.99. The Balaban J connectivity index is 1.43. The van der Waals surface area contributed by atoms with Gasteiger partial charge in [-0.2, -0.15) is 0 Å². The van der Waals surface area contributed by atoms with Crippen LogP contribution in [0.2, 0.25) is 0 Å². The van der Waals surface area contributed by atoms with Crippen LogP contribution >= 0.6 is 0 Å². The van der Waals surface area contributed by atoms with E-state index in [-0.39, 0.29) is 6.09 Å². The van der Waals surface area contributed by atoms with Gasteiger partial charge in [-0.1, -0.05) is 12.1 Å². The van der Waals surface area contributed by atoms with Crippen LogP contribution in [-0.4, -0.2) is 60.8 Å². The zero-order valence-corrected chi connectivity index (χ0v) is 15.1. The fraction of sp³-hybridized carbons (Fsp3) is 0.632. The second-order valence-corrected chi connectivity index (χ2v) is 7.73. The summed E-state index contributed by atoms with van der Waals surface area (Å²) in [6, 6.07) is 6.78. The molecule has 1 saturated heterocycles. The molecule has 2 heterocycles. The monoisotopic (exact) mass is 331 g/mol. The predicted molar refractivity (Wildman–Crippen MR) is 96.6 cm³/mol. The Labute approximate surface area is 145 Å². The molecule has 0 unspecified atom stereocenters. The van der Waals surface area contributed by atoms with Crippen molar-refractivity contribution in [2.75, 3.05) is 44.6 Å². The first kappa shape index (κ1) is 17.1. The van der Waals surface area contributed by atoms with Crippen LogP contribution in [0.1, 0.15) is 31.9 Å². The zero-order valence-electron chi connectivity index (χ0n) is 15.1. The molecular weight excluding hydrogens is 302 g/mol. The van der Waals surface area contributed by atoms with Crippen molar-refractivity contribution in [3.05, 3.63) is 29.3 Å². The summed E-state index contributed by atoms with van der Waals surface area (Å²) in [7, 11) is 0. The minimum atomic E-state index is -0.420. The first-order valence-electron chi connectivity index (χ1n) is 8.97. The number of anilines is 1. The van der Waals surface area contributed by atoms with Crippen molar-refractivity contribution in [1.29, 1.82) is 0 Å². The molecule has 0 radical (unpaired) electrons. The topological polar surface area (TPSA) is 44.8 Å². The fourth-order valence-electron chi connectivity index (χ4n) is 3.28. The van der Waals surface area contributed by atoms with Gasteiger partial charge in [-0.3, -0.25) is 4.90 Å². The van der Waals surface area contributed by atoms with Gasteiger partial charge in [-0.15, -0.1) is 0 Å². The van der Waals surface area contributed by atoms with E-state index < -0.39 is 5.60 Å². The van der Waals surface area contributed by atoms with E-state index in [1.807, 2.05) is 25.7 Å². The van der Waals surface area contributed by atoms with E-state index in [4.69, 9.17) is 4.74 Å². The van der Waals surface area contributed by atoms with Gasteiger partial charge < -0.3 is 15.0 Å². The number of hydrogen-bond donors (Lipinski definition) is 1. The highest BCUT2D eigenvalue weighted by Crippen LogP contribution is 2.23. The number of piperazine rings is 1. The summed E-state index contributed by atoms with van der Waals surface area (Å²) in [5, 5.41) is 3.40. The number of nitrogens with one attached hydrogen (secondary N) is 1. The average molecular weight is 331 g/mol. The van der Waals surface area contributed by atoms with Crippen LogP contribution < -0.4 is 5.32 Å². The Kier molecular flexibility index (Phi) is 4.99. The van der Waals surface area contributed by atoms with Gasteiger partial charge in [-0.25, -0.2) is 4.79 Å². The van der Waals surface area contributed by atoms with Gasteiger partial charge in [0.05, 0.1) is 0 Å². The molecule has 0 bridgehead atoms. The van der Waals surface area contributed by atoms with Crippen molar-refractivity contribution < 1.29 is 9.53 Å². The van der Waals surface area contributed by atoms with Crippen LogP contribution in [0.4, 0.5) is 10.5 Å². The molecule has 2 aliphatic rings. The molecule has 132 valence electrons. The van der Waals surface area contributed by atoms with Gasteiger partial charge in [0.1, 0.15) is 5.60 Å². The number of hydrogen-bond acceptors (Lipinski definition) is 4. The Hall–Kier alpha value is -1.75. The molecule has 1 fully saturated rings. The molecular formula is C19H29N3O2. The molecule has 1 amide bonds. The number of carbonyl (C=O) groups is 1. The third-order valence-electron chi connectivity index (χ3n) is 4.62. The molecule has 24 heavy (non-hydrogen) atoms. The zero-order chi connectivity index (χ0) is 17.2. The Bertz CT molecular complexity index is 587. The van der Waals surface area contributed by atoms with Gasteiger partial charge in [0.25, 0.3) is 0 Å². The van der Waals surface area contributed by atoms with Gasteiger partial charge >= 0.3 is 6.09 Å². The van der Waals surface area contributed by atoms with Crippen molar-refractivity contribution in [3.63, 3.8) is 0 Å². The summed E-state index contributed by atoms with van der Waals surface area (Å²) in [5.41, 5.74) is 3.73. The van der Waals surface area contributed by atoms with Gasteiger partial charge in [-0.05, 0) is 50.8 Å². The first-order chi connectivity index (χ1) is 11.4. The molecule has 2 aliphatic heterocycles. The van der Waals surface area contributed by atoms with E-state index >= 15 is 0 Å². The second-order valence-electron chi connectivity index (χ2n) is 7.73. The summed E-state index contributed by atoms with van der Waals surface area (Å²) in [6.45, 7) is 11.2. The van der Waals surface area contributed by atoms with E-state index in [0.29, 0.717) is 0 Å². The summed E-state index contributed by atoms with van der Waals surface area (Å²) in [5.74, 6) is 0. The smallest absolute Gasteiger partial charge is 0.410 e. The number of benzene rings is 1. The number of carbonyl (C=O) groups excluding carboxylic acids is 1. The maximum atomic E-state index is 12.1. The number of ether oxygens (including phenoxy) is 1. The maximum absolute atomic E-state index is 12.1. The third kappa shape index (κ3) is 4.41. The molecule has 5 nitrogen and oxygen atoms in total. The molecule has 1 aromatic rings. The van der Waals surface area contributed by atoms with Crippen molar-refractivity contribution in [2.45, 2.75) is 39.2 Å². The Morgan fingerprint density at radius 3 is 2.67 bits per heavy atom. The van der Waals surface area contributed by atoms with Crippen LogP contribution in [-0.2, 0) is 17.6 Å². The minimum Gasteiger partial charge on any atom is -0.444 e. The van der Waals surface area contributed by atoms with E-state index in [1.54, 1.807) is 0 Å². The molecule has 1 aromatic carbocycles. The fourth-order valence-corrected chi connectivity index (χ4v) is 3.28. The Morgan fingerprint density at radius 2 is 1.96 bits per heavy atom. The highest BCUT2D eigenvalue weighted by Gasteiger charge is 2.25. The molecule has 1 N–H and O–H groups in total. The van der Waals surface area contributed by atoms with Crippen molar-refractivity contribution in [2.24, 2.45) is 0 Å². The predicted octanol–water partition coefficient (Wildman–Crippen LogP) is 2.75. The van der Waals surface area contributed by atoms with Gasteiger partial charge in [0, 0.05) is 45.0 Å². The van der Waals surface area contributed by atoms with Crippen LogP contribution in [0.25, 0.3) is 0 Å². The van der Waals surface area contributed by atoms with Crippen molar-refractivity contribution in [1.82, 2.24) is 9.80 Å². The number of rotatable bonds is 3. The first-order valence-corrected chi connectivity index (χ1v) is 8.97. The summed E-state index contributed by atoms with van der Waals surface area (Å²) in [6.07, 6.45) is 2.02. The highest BCUT2D eigenvalue weighted by atomic mass is 16.6. The van der Waals surface area contributed by atoms with Crippen molar-refractivity contribution >= 4 is 11.8 Å². The largest absolute Gasteiger partial charge is 0.444 e. The lowest BCUT2D eigenvalue weighted by Crippen LogP contribution is -2.50. The summed E-state index contributed by atoms with van der Waals surface area (Å²) < 4.78 is 5.45. The van der Waals surface area contributed by atoms with Crippen LogP contribution in [0, 0.1) is 0 Å². The van der Waals surface area contributed by atoms with Gasteiger partial charge in [0.2, 0.25) is 0 Å². The minimum absolute atomic E-state index is 0.187. The van der Waals surface area contributed by atoms with Crippen molar-refractivity contribution in [3.8, 4) is 0 Å². The molecule has 3 rings (SSSR count). The molecule has 0 aliphatic carbocycles. The van der Waals surface area contributed by atoms with Crippen LogP contribution in [0.5, 0.6) is 0 Å². The maximum Gasteiger partial charge on any atom is 0.410 e. The summed E-state index contributed by atoms with van der Waals surface area (Å²) in [4.78, 5) is 16.3. The standard InChI is InChI=1S/C19H29N3O2/c1-19(2,3)24-18(23)22-12-10-21(11-13-22)9-7-15-4-5-17-16(14-15)6-8-20-17/h4-5,14,20H,6-13H2,1-3H3. The molecule has 0 spiro atoms. The molecule has 0 atom stereocenters. The van der Waals surface area contributed by atoms with E-state index in [9.17, 15) is 4.79 Å². The van der Waals surface area contributed by atoms with E-state index in [1.165, 1.54) is 16.8 Å². The Morgan fingerprint density at radius 1 is 1.21 bits per heavy atom. The second kappa shape index (κ2) is 7.01. The number of amides is 1. The molecule has 0 aromatic heterocycles.